The molecule has 9 heteroatoms. The lowest BCUT2D eigenvalue weighted by Crippen LogP contribution is -2.29. The van der Waals surface area contributed by atoms with Crippen LogP contribution in [-0.4, -0.2) is 28.4 Å². The summed E-state index contributed by atoms with van der Waals surface area (Å²) < 4.78 is 33.8. The summed E-state index contributed by atoms with van der Waals surface area (Å²) in [6.07, 6.45) is 2.95. The van der Waals surface area contributed by atoms with E-state index in [2.05, 4.69) is 11.9 Å². The van der Waals surface area contributed by atoms with Gasteiger partial charge in [0.15, 0.2) is 5.13 Å². The quantitative estimate of drug-likeness (QED) is 0.117. The Morgan fingerprint density at radius 2 is 1.79 bits per heavy atom. The first-order valence-electron chi connectivity index (χ1n) is 12.2. The number of ether oxygens (including phenoxy) is 1. The number of benzene rings is 3. The Kier molecular flexibility index (Phi) is 7.20. The molecule has 1 aromatic heterocycles. The largest absolute Gasteiger partial charge is 0.507 e. The van der Waals surface area contributed by atoms with Gasteiger partial charge >= 0.3 is 5.91 Å². The van der Waals surface area contributed by atoms with E-state index in [4.69, 9.17) is 4.74 Å². The molecule has 1 saturated heterocycles. The maximum absolute atomic E-state index is 13.8. The number of aromatic nitrogens is 1. The highest BCUT2D eigenvalue weighted by molar-refractivity contribution is 7.22. The van der Waals surface area contributed by atoms with Crippen molar-refractivity contribution in [3.05, 3.63) is 95.1 Å². The number of amides is 1. The molecule has 1 amide bonds. The molecule has 0 spiro atoms. The lowest BCUT2D eigenvalue weighted by molar-refractivity contribution is -0.132. The van der Waals surface area contributed by atoms with E-state index < -0.39 is 35.1 Å². The van der Waals surface area contributed by atoms with E-state index in [-0.39, 0.29) is 16.3 Å². The average Bonchev–Trinajstić information content (AvgIpc) is 3.44. The Balaban J connectivity index is 1.64. The summed E-state index contributed by atoms with van der Waals surface area (Å²) in [6.45, 7) is 2.61. The van der Waals surface area contributed by atoms with Crippen LogP contribution in [0.1, 0.15) is 43.4 Å². The van der Waals surface area contributed by atoms with Gasteiger partial charge < -0.3 is 9.84 Å². The maximum atomic E-state index is 13.8. The number of anilines is 1. The van der Waals surface area contributed by atoms with Gasteiger partial charge in [0.05, 0.1) is 28.4 Å². The van der Waals surface area contributed by atoms with Crippen LogP contribution in [0.3, 0.4) is 0 Å². The van der Waals surface area contributed by atoms with E-state index in [0.29, 0.717) is 28.1 Å². The monoisotopic (exact) mass is 534 g/mol. The number of hydrogen-bond acceptors (Lipinski definition) is 6. The van der Waals surface area contributed by atoms with E-state index >= 15 is 0 Å². The standard InChI is InChI=1S/C29H24F2N2O4S/c1-2-3-4-14-37-21-7-5-6-18(15-21)25-24(26(34)17-8-10-19(30)11-9-17)27(35)28(36)33(25)29-32-22-13-12-20(31)16-23(22)38-29/h5-13,15-16,25,34H,2-4,14H2,1H3. The molecular formula is C29H24F2N2O4S. The van der Waals surface area contributed by atoms with Crippen molar-refractivity contribution in [2.24, 2.45) is 0 Å². The number of aliphatic hydroxyl groups excluding tert-OH is 1. The van der Waals surface area contributed by atoms with Crippen molar-refractivity contribution in [1.82, 2.24) is 4.98 Å². The number of rotatable bonds is 8. The van der Waals surface area contributed by atoms with Crippen LogP contribution in [0.15, 0.2) is 72.3 Å². The Hall–Kier alpha value is -4.11. The number of carbonyl (C=O) groups excluding carboxylic acids is 2. The molecule has 3 aromatic carbocycles. The fourth-order valence-corrected chi connectivity index (χ4v) is 5.43. The zero-order valence-corrected chi connectivity index (χ0v) is 21.3. The molecule has 0 saturated carbocycles. The highest BCUT2D eigenvalue weighted by atomic mass is 32.1. The molecular weight excluding hydrogens is 510 g/mol. The molecule has 1 N–H and O–H groups in total. The molecule has 1 atom stereocenters. The van der Waals surface area contributed by atoms with Gasteiger partial charge in [0.1, 0.15) is 23.1 Å². The minimum Gasteiger partial charge on any atom is -0.507 e. The first kappa shape index (κ1) is 25.5. The van der Waals surface area contributed by atoms with Crippen LogP contribution in [0.4, 0.5) is 13.9 Å². The fraction of sp³-hybridized carbons (Fsp3) is 0.207. The summed E-state index contributed by atoms with van der Waals surface area (Å²) in [4.78, 5) is 32.5. The highest BCUT2D eigenvalue weighted by Gasteiger charge is 2.48. The SMILES string of the molecule is CCCCCOc1cccc(C2C(=C(O)c3ccc(F)cc3)C(=O)C(=O)N2c2nc3ccc(F)cc3s2)c1. The molecule has 1 unspecified atom stereocenters. The molecule has 4 aromatic rings. The zero-order valence-electron chi connectivity index (χ0n) is 20.5. The van der Waals surface area contributed by atoms with Gasteiger partial charge in [-0.25, -0.2) is 13.8 Å². The Labute approximate surface area is 221 Å². The lowest BCUT2D eigenvalue weighted by atomic mass is 9.95. The number of thiazole rings is 1. The fourth-order valence-electron chi connectivity index (χ4n) is 4.41. The number of carbonyl (C=O) groups is 2. The van der Waals surface area contributed by atoms with Gasteiger partial charge in [0.25, 0.3) is 5.78 Å². The van der Waals surface area contributed by atoms with E-state index in [9.17, 15) is 23.5 Å². The van der Waals surface area contributed by atoms with Crippen LogP contribution in [0.25, 0.3) is 16.0 Å². The first-order valence-corrected chi connectivity index (χ1v) is 13.0. The van der Waals surface area contributed by atoms with Crippen molar-refractivity contribution in [3.63, 3.8) is 0 Å². The number of Topliss-reactive ketones (excluding diaryl/α,β-unsaturated/α-hetero) is 1. The highest BCUT2D eigenvalue weighted by Crippen LogP contribution is 2.44. The van der Waals surface area contributed by atoms with Gasteiger partial charge in [-0.3, -0.25) is 14.5 Å². The molecule has 0 bridgehead atoms. The molecule has 0 aliphatic carbocycles. The van der Waals surface area contributed by atoms with Crippen LogP contribution in [0, 0.1) is 11.6 Å². The van der Waals surface area contributed by atoms with Gasteiger partial charge in [-0.1, -0.05) is 43.2 Å². The molecule has 6 nitrogen and oxygen atoms in total. The van der Waals surface area contributed by atoms with Crippen LogP contribution in [-0.2, 0) is 9.59 Å². The molecule has 1 aliphatic heterocycles. The Morgan fingerprint density at radius 3 is 2.55 bits per heavy atom. The van der Waals surface area contributed by atoms with E-state index in [1.165, 1.54) is 35.2 Å². The minimum absolute atomic E-state index is 0.157. The molecule has 1 fully saturated rings. The summed E-state index contributed by atoms with van der Waals surface area (Å²) in [5.41, 5.74) is 1.02. The second kappa shape index (κ2) is 10.7. The number of hydrogen-bond donors (Lipinski definition) is 1. The van der Waals surface area contributed by atoms with Crippen LogP contribution < -0.4 is 9.64 Å². The minimum atomic E-state index is -1.04. The van der Waals surface area contributed by atoms with E-state index in [1.54, 1.807) is 24.3 Å². The first-order chi connectivity index (χ1) is 18.4. The lowest BCUT2D eigenvalue weighted by Gasteiger charge is -2.23. The molecule has 1 aliphatic rings. The topological polar surface area (TPSA) is 79.7 Å². The van der Waals surface area contributed by atoms with Crippen molar-refractivity contribution >= 4 is 44.1 Å². The zero-order chi connectivity index (χ0) is 26.8. The van der Waals surface area contributed by atoms with Crippen LogP contribution >= 0.6 is 11.3 Å². The predicted molar refractivity (Wildman–Crippen MR) is 142 cm³/mol. The second-order valence-electron chi connectivity index (χ2n) is 8.91. The number of nitrogens with zero attached hydrogens (tertiary/aromatic N) is 2. The maximum Gasteiger partial charge on any atom is 0.301 e. The smallest absolute Gasteiger partial charge is 0.301 e. The molecule has 38 heavy (non-hydrogen) atoms. The Bertz CT molecular complexity index is 1550. The summed E-state index contributed by atoms with van der Waals surface area (Å²) in [5, 5.41) is 11.4. The summed E-state index contributed by atoms with van der Waals surface area (Å²) in [7, 11) is 0. The number of ketones is 1. The van der Waals surface area contributed by atoms with Gasteiger partial charge in [-0.05, 0) is 66.6 Å². The van der Waals surface area contributed by atoms with Gasteiger partial charge in [0.2, 0.25) is 0 Å². The van der Waals surface area contributed by atoms with Gasteiger partial charge in [-0.15, -0.1) is 0 Å². The van der Waals surface area contributed by atoms with Gasteiger partial charge in [0, 0.05) is 5.56 Å². The van der Waals surface area contributed by atoms with Crippen molar-refractivity contribution in [1.29, 1.82) is 0 Å². The third-order valence-corrected chi connectivity index (χ3v) is 7.32. The van der Waals surface area contributed by atoms with E-state index in [1.807, 2.05) is 0 Å². The van der Waals surface area contributed by atoms with Crippen LogP contribution in [0.5, 0.6) is 5.75 Å². The van der Waals surface area contributed by atoms with Crippen molar-refractivity contribution in [3.8, 4) is 5.75 Å². The molecule has 5 rings (SSSR count). The average molecular weight is 535 g/mol. The van der Waals surface area contributed by atoms with Crippen molar-refractivity contribution in [2.75, 3.05) is 11.5 Å². The third kappa shape index (κ3) is 4.89. The van der Waals surface area contributed by atoms with Crippen LogP contribution in [0.2, 0.25) is 0 Å². The number of halogens is 2. The molecule has 0 radical (unpaired) electrons. The number of unbranched alkanes of at least 4 members (excludes halogenated alkanes) is 2. The summed E-state index contributed by atoms with van der Waals surface area (Å²) in [6, 6.07) is 15.0. The van der Waals surface area contributed by atoms with Gasteiger partial charge in [-0.2, -0.15) is 0 Å². The van der Waals surface area contributed by atoms with E-state index in [0.717, 1.165) is 42.7 Å². The summed E-state index contributed by atoms with van der Waals surface area (Å²) in [5.74, 6) is -2.62. The molecule has 194 valence electrons. The number of fused-ring (bicyclic) bond motifs is 1. The normalized spacial score (nSPS) is 16.9. The second-order valence-corrected chi connectivity index (χ2v) is 9.92. The predicted octanol–water partition coefficient (Wildman–Crippen LogP) is 6.77. The summed E-state index contributed by atoms with van der Waals surface area (Å²) >= 11 is 1.06. The third-order valence-electron chi connectivity index (χ3n) is 6.30. The van der Waals surface area contributed by atoms with Crippen molar-refractivity contribution in [2.45, 2.75) is 32.2 Å². The van der Waals surface area contributed by atoms with Crippen molar-refractivity contribution < 1.29 is 28.2 Å². The number of aliphatic hydroxyl groups is 1. The Morgan fingerprint density at radius 1 is 1.03 bits per heavy atom. The molecule has 2 heterocycles.